The van der Waals surface area contributed by atoms with Crippen LogP contribution < -0.4 is 5.73 Å². The highest BCUT2D eigenvalue weighted by molar-refractivity contribution is 7.33. The van der Waals surface area contributed by atoms with Gasteiger partial charge in [0.05, 0.1) is 19.0 Å². The molecule has 98 valence electrons. The summed E-state index contributed by atoms with van der Waals surface area (Å²) in [6, 6.07) is 0. The molecule has 0 aliphatic heterocycles. The predicted octanol–water partition coefficient (Wildman–Crippen LogP) is 0.850. The highest BCUT2D eigenvalue weighted by Gasteiger charge is 2.12. The fourth-order valence-corrected chi connectivity index (χ4v) is 2.06. The summed E-state index contributed by atoms with van der Waals surface area (Å²) in [5.41, 5.74) is 6.85. The van der Waals surface area contributed by atoms with Gasteiger partial charge in [0, 0.05) is 7.11 Å². The molecule has 0 saturated carbocycles. The van der Waals surface area contributed by atoms with Gasteiger partial charge in [-0.3, -0.25) is 4.57 Å². The lowest BCUT2D eigenvalue weighted by molar-refractivity contribution is 0.176. The number of hydrogen-bond donors (Lipinski definition) is 1. The molecule has 0 aromatic carbocycles. The van der Waals surface area contributed by atoms with Gasteiger partial charge < -0.3 is 19.3 Å². The maximum Gasteiger partial charge on any atom is 0.319 e. The summed E-state index contributed by atoms with van der Waals surface area (Å²) in [6.45, 7) is 2.24. The van der Waals surface area contributed by atoms with Crippen LogP contribution in [0.15, 0.2) is 12.7 Å². The number of rotatable bonds is 5. The first kappa shape index (κ1) is 12.9. The number of imidazole rings is 1. The smallest absolute Gasteiger partial charge is 0.319 e. The Kier molecular flexibility index (Phi) is 3.90. The molecular formula is C9H14N5O3P. The molecule has 2 rings (SSSR count). The lowest BCUT2D eigenvalue weighted by Crippen LogP contribution is -2.13. The Labute approximate surface area is 104 Å². The molecule has 2 aromatic heterocycles. The summed E-state index contributed by atoms with van der Waals surface area (Å²) in [4.78, 5) is 12.1. The third kappa shape index (κ3) is 2.66. The van der Waals surface area contributed by atoms with Crippen LogP contribution in [-0.4, -0.2) is 32.7 Å². The maximum atomic E-state index is 11.1. The predicted molar refractivity (Wildman–Crippen MR) is 66.3 cm³/mol. The summed E-state index contributed by atoms with van der Waals surface area (Å²) in [5.74, 6) is 0.331. The molecule has 0 fully saturated rings. The normalized spacial score (nSPS) is 14.8. The van der Waals surface area contributed by atoms with E-state index in [1.165, 1.54) is 13.4 Å². The zero-order valence-corrected chi connectivity index (χ0v) is 11.0. The average Bonchev–Trinajstić information content (AvgIpc) is 2.74. The van der Waals surface area contributed by atoms with Gasteiger partial charge in [-0.05, 0) is 6.92 Å². The minimum Gasteiger partial charge on any atom is -0.382 e. The van der Waals surface area contributed by atoms with Crippen molar-refractivity contribution in [1.82, 2.24) is 19.5 Å². The van der Waals surface area contributed by atoms with E-state index in [9.17, 15) is 4.57 Å². The average molecular weight is 271 g/mol. The molecule has 0 bridgehead atoms. The summed E-state index contributed by atoms with van der Waals surface area (Å²) in [5, 5.41) is 0. The summed E-state index contributed by atoms with van der Waals surface area (Å²) >= 11 is 0. The number of nitrogens with two attached hydrogens (primary N) is 1. The van der Waals surface area contributed by atoms with Crippen molar-refractivity contribution in [3.05, 3.63) is 12.7 Å². The van der Waals surface area contributed by atoms with Crippen molar-refractivity contribution >= 4 is 25.2 Å². The van der Waals surface area contributed by atoms with Gasteiger partial charge in [0.2, 0.25) is 0 Å². The van der Waals surface area contributed by atoms with Gasteiger partial charge in [0.15, 0.2) is 11.5 Å². The number of fused-ring (bicyclic) bond motifs is 1. The fraction of sp³-hybridized carbons (Fsp3) is 0.444. The SMILES string of the molecule is CO[PH](=O)OC(C)Cn1cnc2c(N)ncnc21. The van der Waals surface area contributed by atoms with Crippen molar-refractivity contribution in [2.24, 2.45) is 0 Å². The molecule has 0 amide bonds. The first-order valence-corrected chi connectivity index (χ1v) is 6.50. The molecule has 2 heterocycles. The summed E-state index contributed by atoms with van der Waals surface area (Å²) in [6.07, 6.45) is 2.68. The fourth-order valence-electron chi connectivity index (χ4n) is 1.56. The molecule has 2 N–H and O–H groups in total. The van der Waals surface area contributed by atoms with Crippen LogP contribution in [0, 0.1) is 0 Å². The number of aromatic nitrogens is 4. The van der Waals surface area contributed by atoms with E-state index in [4.69, 9.17) is 10.3 Å². The van der Waals surface area contributed by atoms with Gasteiger partial charge in [-0.1, -0.05) is 0 Å². The zero-order valence-electron chi connectivity index (χ0n) is 10.0. The molecule has 2 atom stereocenters. The molecule has 0 radical (unpaired) electrons. The topological polar surface area (TPSA) is 105 Å². The second-order valence-electron chi connectivity index (χ2n) is 3.71. The third-order valence-electron chi connectivity index (χ3n) is 2.35. The minimum atomic E-state index is -2.43. The van der Waals surface area contributed by atoms with E-state index < -0.39 is 8.25 Å². The van der Waals surface area contributed by atoms with Crippen molar-refractivity contribution in [2.75, 3.05) is 12.8 Å². The van der Waals surface area contributed by atoms with Crippen LogP contribution >= 0.6 is 8.25 Å². The third-order valence-corrected chi connectivity index (χ3v) is 3.28. The van der Waals surface area contributed by atoms with Crippen molar-refractivity contribution in [3.63, 3.8) is 0 Å². The van der Waals surface area contributed by atoms with Gasteiger partial charge in [-0.25, -0.2) is 15.0 Å². The number of nitrogen functional groups attached to an aromatic ring is 1. The van der Waals surface area contributed by atoms with Crippen LogP contribution in [0.4, 0.5) is 5.82 Å². The molecule has 2 aromatic rings. The Bertz CT molecular complexity index is 572. The number of anilines is 1. The first-order chi connectivity index (χ1) is 8.61. The van der Waals surface area contributed by atoms with E-state index in [2.05, 4.69) is 19.5 Å². The van der Waals surface area contributed by atoms with Crippen LogP contribution in [0.2, 0.25) is 0 Å². The van der Waals surface area contributed by atoms with Gasteiger partial charge in [0.25, 0.3) is 0 Å². The van der Waals surface area contributed by atoms with Crippen molar-refractivity contribution in [1.29, 1.82) is 0 Å². The molecule has 0 spiro atoms. The van der Waals surface area contributed by atoms with Gasteiger partial charge in [0.1, 0.15) is 11.8 Å². The highest BCUT2D eigenvalue weighted by atomic mass is 31.1. The monoisotopic (exact) mass is 271 g/mol. The molecule has 18 heavy (non-hydrogen) atoms. The maximum absolute atomic E-state index is 11.1. The standard InChI is InChI=1S/C9H14N5O3P/c1-6(17-18(15)16-2)3-14-5-13-7-8(10)11-4-12-9(7)14/h4-6,18H,3H2,1-2H3,(H2,10,11,12). The molecule has 0 saturated heterocycles. The Morgan fingerprint density at radius 1 is 1.50 bits per heavy atom. The number of nitrogens with zero attached hydrogens (tertiary/aromatic N) is 4. The molecule has 8 nitrogen and oxygen atoms in total. The van der Waals surface area contributed by atoms with E-state index in [0.717, 1.165) is 0 Å². The second kappa shape index (κ2) is 5.43. The van der Waals surface area contributed by atoms with Crippen molar-refractivity contribution in [3.8, 4) is 0 Å². The lowest BCUT2D eigenvalue weighted by atomic mass is 10.4. The molecule has 0 aliphatic carbocycles. The highest BCUT2D eigenvalue weighted by Crippen LogP contribution is 2.25. The van der Waals surface area contributed by atoms with Crippen molar-refractivity contribution in [2.45, 2.75) is 19.6 Å². The van der Waals surface area contributed by atoms with Gasteiger partial charge >= 0.3 is 8.25 Å². The molecule has 9 heteroatoms. The van der Waals surface area contributed by atoms with Gasteiger partial charge in [-0.15, -0.1) is 0 Å². The van der Waals surface area contributed by atoms with E-state index in [1.54, 1.807) is 17.8 Å². The Hall–Kier alpha value is -1.50. The van der Waals surface area contributed by atoms with Crippen LogP contribution in [0.3, 0.4) is 0 Å². The van der Waals surface area contributed by atoms with Crippen LogP contribution in [-0.2, 0) is 20.2 Å². The minimum absolute atomic E-state index is 0.287. The van der Waals surface area contributed by atoms with E-state index in [1.807, 2.05) is 0 Å². The van der Waals surface area contributed by atoms with E-state index >= 15 is 0 Å². The molecular weight excluding hydrogens is 257 g/mol. The second-order valence-corrected chi connectivity index (χ2v) is 4.85. The molecule has 2 unspecified atom stereocenters. The van der Waals surface area contributed by atoms with Crippen LogP contribution in [0.25, 0.3) is 11.2 Å². The summed E-state index contributed by atoms with van der Waals surface area (Å²) in [7, 11) is -1.09. The Balaban J connectivity index is 2.17. The van der Waals surface area contributed by atoms with Crippen molar-refractivity contribution < 1.29 is 13.6 Å². The Morgan fingerprint density at radius 3 is 3.00 bits per heavy atom. The van der Waals surface area contributed by atoms with Crippen LogP contribution in [0.1, 0.15) is 6.92 Å². The van der Waals surface area contributed by atoms with E-state index in [0.29, 0.717) is 23.5 Å². The zero-order chi connectivity index (χ0) is 13.1. The lowest BCUT2D eigenvalue weighted by Gasteiger charge is -2.12. The van der Waals surface area contributed by atoms with Crippen LogP contribution in [0.5, 0.6) is 0 Å². The largest absolute Gasteiger partial charge is 0.382 e. The molecule has 0 aliphatic rings. The summed E-state index contributed by atoms with van der Waals surface area (Å²) < 4.78 is 22.7. The Morgan fingerprint density at radius 2 is 2.28 bits per heavy atom. The number of hydrogen-bond acceptors (Lipinski definition) is 7. The quantitative estimate of drug-likeness (QED) is 0.803. The van der Waals surface area contributed by atoms with E-state index in [-0.39, 0.29) is 6.10 Å². The van der Waals surface area contributed by atoms with Gasteiger partial charge in [-0.2, -0.15) is 0 Å². The first-order valence-electron chi connectivity index (χ1n) is 5.27.